The molecule has 0 bridgehead atoms. The molecule has 1 unspecified atom stereocenters. The fraction of sp³-hybridized carbons (Fsp3) is 0.333. The number of H-pyrrole nitrogens is 1. The van der Waals surface area contributed by atoms with E-state index in [0.29, 0.717) is 41.5 Å². The van der Waals surface area contributed by atoms with Gasteiger partial charge in [-0.15, -0.1) is 0 Å². The molecule has 6 heteroatoms. The number of nitrogens with one attached hydrogen (secondary N) is 1. The van der Waals surface area contributed by atoms with E-state index in [2.05, 4.69) is 22.9 Å². The Morgan fingerprint density at radius 3 is 2.67 bits per heavy atom. The molecule has 33 heavy (non-hydrogen) atoms. The number of benzene rings is 2. The molecule has 1 atom stereocenters. The van der Waals surface area contributed by atoms with E-state index in [9.17, 15) is 9.59 Å². The van der Waals surface area contributed by atoms with Crippen LogP contribution in [0.3, 0.4) is 0 Å². The molecule has 3 aromatic rings. The van der Waals surface area contributed by atoms with Crippen LogP contribution < -0.4 is 4.74 Å². The molecule has 5 rings (SSSR count). The number of aromatic amines is 1. The van der Waals surface area contributed by atoms with Gasteiger partial charge in [-0.2, -0.15) is 0 Å². The summed E-state index contributed by atoms with van der Waals surface area (Å²) in [5.41, 5.74) is 3.83. The number of nitrogens with zero attached hydrogens (tertiary/aromatic N) is 2. The van der Waals surface area contributed by atoms with Crippen molar-refractivity contribution in [3.63, 3.8) is 0 Å². The summed E-state index contributed by atoms with van der Waals surface area (Å²) in [5, 5.41) is 1.12. The molecule has 2 aliphatic heterocycles. The highest BCUT2D eigenvalue weighted by Crippen LogP contribution is 2.37. The quantitative estimate of drug-likeness (QED) is 0.579. The second-order valence-corrected chi connectivity index (χ2v) is 8.99. The SMILES string of the molecule is COc1ccccc1C1=C(N2CCCC(C)C2)C(=O)N(CCc2c[nH]c3ccccc23)C1=O. The van der Waals surface area contributed by atoms with Crippen molar-refractivity contribution in [3.8, 4) is 5.75 Å². The smallest absolute Gasteiger partial charge is 0.277 e. The lowest BCUT2D eigenvalue weighted by atomic mass is 9.97. The lowest BCUT2D eigenvalue weighted by Gasteiger charge is -2.33. The third-order valence-electron chi connectivity index (χ3n) is 6.77. The van der Waals surface area contributed by atoms with Gasteiger partial charge in [-0.05, 0) is 42.9 Å². The zero-order valence-corrected chi connectivity index (χ0v) is 19.1. The molecule has 0 radical (unpaired) electrons. The second-order valence-electron chi connectivity index (χ2n) is 8.99. The number of carbonyl (C=O) groups is 2. The lowest BCUT2D eigenvalue weighted by Crippen LogP contribution is -2.39. The number of methoxy groups -OCH3 is 1. The van der Waals surface area contributed by atoms with E-state index in [4.69, 9.17) is 4.74 Å². The Labute approximate surface area is 193 Å². The lowest BCUT2D eigenvalue weighted by molar-refractivity contribution is -0.137. The summed E-state index contributed by atoms with van der Waals surface area (Å²) in [6.07, 6.45) is 4.72. The number of piperidine rings is 1. The van der Waals surface area contributed by atoms with Gasteiger partial charge >= 0.3 is 0 Å². The van der Waals surface area contributed by atoms with Gasteiger partial charge in [-0.3, -0.25) is 14.5 Å². The van der Waals surface area contributed by atoms with Crippen LogP contribution in [0.2, 0.25) is 0 Å². The summed E-state index contributed by atoms with van der Waals surface area (Å²) in [5.74, 6) is 0.649. The Bertz CT molecular complexity index is 1240. The van der Waals surface area contributed by atoms with E-state index in [-0.39, 0.29) is 11.8 Å². The van der Waals surface area contributed by atoms with Crippen LogP contribution >= 0.6 is 0 Å². The van der Waals surface area contributed by atoms with Gasteiger partial charge in [0, 0.05) is 42.3 Å². The molecule has 1 aromatic heterocycles. The van der Waals surface area contributed by atoms with E-state index in [0.717, 1.165) is 42.4 Å². The maximum Gasteiger partial charge on any atom is 0.277 e. The average Bonchev–Trinajstić information content (AvgIpc) is 3.35. The van der Waals surface area contributed by atoms with Crippen LogP contribution in [0.15, 0.2) is 60.4 Å². The van der Waals surface area contributed by atoms with Crippen molar-refractivity contribution in [2.24, 2.45) is 5.92 Å². The number of hydrogen-bond acceptors (Lipinski definition) is 4. The van der Waals surface area contributed by atoms with Crippen LogP contribution in [0.25, 0.3) is 16.5 Å². The van der Waals surface area contributed by atoms with Crippen LogP contribution in [-0.2, 0) is 16.0 Å². The monoisotopic (exact) mass is 443 g/mol. The molecule has 1 fully saturated rings. The topological polar surface area (TPSA) is 65.6 Å². The maximum absolute atomic E-state index is 13.7. The minimum absolute atomic E-state index is 0.199. The van der Waals surface area contributed by atoms with Gasteiger partial charge < -0.3 is 14.6 Å². The zero-order valence-electron chi connectivity index (χ0n) is 19.1. The van der Waals surface area contributed by atoms with E-state index in [1.165, 1.54) is 4.90 Å². The number of hydrogen-bond donors (Lipinski definition) is 1. The van der Waals surface area contributed by atoms with Gasteiger partial charge in [0.2, 0.25) is 0 Å². The standard InChI is InChI=1S/C27H29N3O3/c1-18-8-7-14-29(17-18)25-24(21-10-4-6-12-23(21)33-2)26(31)30(27(25)32)15-13-19-16-28-22-11-5-3-9-20(19)22/h3-6,9-12,16,18,28H,7-8,13-15,17H2,1-2H3. The second kappa shape index (κ2) is 8.77. The average molecular weight is 444 g/mol. The van der Waals surface area contributed by atoms with Crippen LogP contribution in [0.1, 0.15) is 30.9 Å². The van der Waals surface area contributed by atoms with Crippen molar-refractivity contribution >= 4 is 28.3 Å². The molecular weight excluding hydrogens is 414 g/mol. The van der Waals surface area contributed by atoms with E-state index in [1.54, 1.807) is 7.11 Å². The first-order chi connectivity index (χ1) is 16.1. The number of imide groups is 1. The number of carbonyl (C=O) groups excluding carboxylic acids is 2. The molecule has 2 aromatic carbocycles. The molecule has 0 spiro atoms. The molecule has 2 aliphatic rings. The summed E-state index contributed by atoms with van der Waals surface area (Å²) in [7, 11) is 1.60. The first-order valence-electron chi connectivity index (χ1n) is 11.6. The van der Waals surface area contributed by atoms with Gasteiger partial charge in [-0.1, -0.05) is 43.3 Å². The highest BCUT2D eigenvalue weighted by atomic mass is 16.5. The fourth-order valence-electron chi connectivity index (χ4n) is 5.12. The molecule has 0 saturated carbocycles. The minimum atomic E-state index is -0.238. The fourth-order valence-corrected chi connectivity index (χ4v) is 5.12. The molecule has 0 aliphatic carbocycles. The Hall–Kier alpha value is -3.54. The Kier molecular flexibility index (Phi) is 5.67. The molecule has 1 N–H and O–H groups in total. The molecule has 1 saturated heterocycles. The van der Waals surface area contributed by atoms with Gasteiger partial charge in [0.15, 0.2) is 0 Å². The summed E-state index contributed by atoms with van der Waals surface area (Å²) in [6, 6.07) is 15.6. The summed E-state index contributed by atoms with van der Waals surface area (Å²) in [6.45, 7) is 4.10. The third-order valence-corrected chi connectivity index (χ3v) is 6.77. The molecular formula is C27H29N3O3. The van der Waals surface area contributed by atoms with Crippen LogP contribution in [0, 0.1) is 5.92 Å². The van der Waals surface area contributed by atoms with Gasteiger partial charge in [0.1, 0.15) is 11.4 Å². The van der Waals surface area contributed by atoms with Crippen molar-refractivity contribution in [3.05, 3.63) is 71.6 Å². The van der Waals surface area contributed by atoms with Crippen LogP contribution in [0.5, 0.6) is 5.75 Å². The third kappa shape index (κ3) is 3.80. The van der Waals surface area contributed by atoms with Crippen LogP contribution in [-0.4, -0.2) is 53.3 Å². The van der Waals surface area contributed by atoms with Crippen molar-refractivity contribution in [1.82, 2.24) is 14.8 Å². The Morgan fingerprint density at radius 1 is 1.06 bits per heavy atom. The summed E-state index contributed by atoms with van der Waals surface area (Å²) >= 11 is 0. The molecule has 3 heterocycles. The summed E-state index contributed by atoms with van der Waals surface area (Å²) < 4.78 is 5.56. The highest BCUT2D eigenvalue weighted by Gasteiger charge is 2.42. The van der Waals surface area contributed by atoms with Gasteiger partial charge in [-0.25, -0.2) is 0 Å². The highest BCUT2D eigenvalue weighted by molar-refractivity contribution is 6.36. The maximum atomic E-state index is 13.7. The number of rotatable bonds is 6. The Morgan fingerprint density at radius 2 is 1.85 bits per heavy atom. The Balaban J connectivity index is 1.49. The number of ether oxygens (including phenoxy) is 1. The van der Waals surface area contributed by atoms with Crippen molar-refractivity contribution in [2.45, 2.75) is 26.2 Å². The van der Waals surface area contributed by atoms with E-state index >= 15 is 0 Å². The number of aromatic nitrogens is 1. The number of fused-ring (bicyclic) bond motifs is 1. The van der Waals surface area contributed by atoms with Crippen molar-refractivity contribution in [1.29, 1.82) is 0 Å². The van der Waals surface area contributed by atoms with E-state index in [1.807, 2.05) is 48.7 Å². The largest absolute Gasteiger partial charge is 0.496 e. The van der Waals surface area contributed by atoms with E-state index < -0.39 is 0 Å². The zero-order chi connectivity index (χ0) is 22.9. The van der Waals surface area contributed by atoms with Crippen molar-refractivity contribution < 1.29 is 14.3 Å². The first kappa shape index (κ1) is 21.3. The first-order valence-corrected chi connectivity index (χ1v) is 11.6. The van der Waals surface area contributed by atoms with Gasteiger partial charge in [0.25, 0.3) is 11.8 Å². The number of para-hydroxylation sites is 2. The van der Waals surface area contributed by atoms with Crippen LogP contribution in [0.4, 0.5) is 0 Å². The normalized spacial score (nSPS) is 19.2. The minimum Gasteiger partial charge on any atom is -0.496 e. The number of amides is 2. The molecule has 170 valence electrons. The number of likely N-dealkylation sites (tertiary alicyclic amines) is 1. The molecule has 2 amide bonds. The molecule has 6 nitrogen and oxygen atoms in total. The summed E-state index contributed by atoms with van der Waals surface area (Å²) in [4.78, 5) is 34.2. The predicted molar refractivity (Wildman–Crippen MR) is 129 cm³/mol. The van der Waals surface area contributed by atoms with Gasteiger partial charge in [0.05, 0.1) is 12.7 Å². The predicted octanol–water partition coefficient (Wildman–Crippen LogP) is 4.23. The van der Waals surface area contributed by atoms with Crippen molar-refractivity contribution in [2.75, 3.05) is 26.7 Å².